The first-order chi connectivity index (χ1) is 3.27. The summed E-state index contributed by atoms with van der Waals surface area (Å²) in [5.41, 5.74) is 0. The molecule has 0 aromatic heterocycles. The van der Waals surface area contributed by atoms with Crippen LogP contribution in [0.1, 0.15) is 6.42 Å². The molecule has 8 heavy (non-hydrogen) atoms. The fourth-order valence-corrected chi connectivity index (χ4v) is 0.387. The molecule has 3 heteroatoms. The lowest BCUT2D eigenvalue weighted by Crippen LogP contribution is -2.13. The fraction of sp³-hybridized carbons (Fsp3) is 1.00. The van der Waals surface area contributed by atoms with E-state index in [9.17, 15) is 0 Å². The van der Waals surface area contributed by atoms with E-state index in [1.807, 2.05) is 14.1 Å². The fourth-order valence-electron chi connectivity index (χ4n) is 0.387. The van der Waals surface area contributed by atoms with Gasteiger partial charge in [-0.3, -0.25) is 0 Å². The Labute approximate surface area is 61.3 Å². The summed E-state index contributed by atoms with van der Waals surface area (Å²) < 4.78 is 0. The van der Waals surface area contributed by atoms with Crippen LogP contribution >= 0.6 is 17.0 Å². The third-order valence-corrected chi connectivity index (χ3v) is 0.763. The van der Waals surface area contributed by atoms with Crippen LogP contribution in [0.15, 0.2) is 0 Å². The molecule has 52 valence electrons. The van der Waals surface area contributed by atoms with Gasteiger partial charge < -0.3 is 10.0 Å². The predicted molar refractivity (Wildman–Crippen MR) is 40.6 cm³/mol. The maximum atomic E-state index is 8.29. The molecular formula is C5H14BrNO. The topological polar surface area (TPSA) is 23.5 Å². The minimum atomic E-state index is 0. The second kappa shape index (κ2) is 7.40. The summed E-state index contributed by atoms with van der Waals surface area (Å²) in [7, 11) is 3.99. The number of nitrogens with zero attached hydrogens (tertiary/aromatic N) is 1. The molecule has 0 rings (SSSR count). The zero-order valence-corrected chi connectivity index (χ0v) is 7.14. The van der Waals surface area contributed by atoms with E-state index in [0.29, 0.717) is 6.61 Å². The van der Waals surface area contributed by atoms with Gasteiger partial charge in [-0.2, -0.15) is 0 Å². The van der Waals surface area contributed by atoms with Crippen LogP contribution in [-0.4, -0.2) is 37.3 Å². The predicted octanol–water partition coefficient (Wildman–Crippen LogP) is 0.508. The number of hydrogen-bond acceptors (Lipinski definition) is 2. The van der Waals surface area contributed by atoms with E-state index in [1.54, 1.807) is 0 Å². The smallest absolute Gasteiger partial charge is 0.0443 e. The minimum Gasteiger partial charge on any atom is -0.396 e. The van der Waals surface area contributed by atoms with Gasteiger partial charge in [0.2, 0.25) is 0 Å². The Bertz CT molecular complexity index is 41.4. The van der Waals surface area contributed by atoms with Crippen LogP contribution in [0, 0.1) is 0 Å². The van der Waals surface area contributed by atoms with Gasteiger partial charge in [-0.1, -0.05) is 0 Å². The molecule has 0 aromatic carbocycles. The van der Waals surface area contributed by atoms with Crippen LogP contribution in [0.3, 0.4) is 0 Å². The summed E-state index contributed by atoms with van der Waals surface area (Å²) in [5, 5.41) is 8.29. The van der Waals surface area contributed by atoms with Gasteiger partial charge in [-0.25, -0.2) is 0 Å². The van der Waals surface area contributed by atoms with E-state index in [2.05, 4.69) is 4.90 Å². The second-order valence-electron chi connectivity index (χ2n) is 1.88. The van der Waals surface area contributed by atoms with Crippen LogP contribution in [0.4, 0.5) is 0 Å². The van der Waals surface area contributed by atoms with Crippen molar-refractivity contribution in [1.29, 1.82) is 0 Å². The molecule has 0 aliphatic rings. The van der Waals surface area contributed by atoms with Crippen LogP contribution in [0.5, 0.6) is 0 Å². The summed E-state index contributed by atoms with van der Waals surface area (Å²) in [5.74, 6) is 0. The third-order valence-electron chi connectivity index (χ3n) is 0.763. The molecular weight excluding hydrogens is 170 g/mol. The molecule has 0 radical (unpaired) electrons. The molecule has 0 spiro atoms. The lowest BCUT2D eigenvalue weighted by molar-refractivity contribution is 0.263. The van der Waals surface area contributed by atoms with Crippen molar-refractivity contribution < 1.29 is 5.11 Å². The maximum absolute atomic E-state index is 8.29. The van der Waals surface area contributed by atoms with Crippen molar-refractivity contribution in [2.45, 2.75) is 6.42 Å². The largest absolute Gasteiger partial charge is 0.396 e. The molecule has 0 aliphatic heterocycles. The highest BCUT2D eigenvalue weighted by atomic mass is 79.9. The number of aliphatic hydroxyl groups excluding tert-OH is 1. The Morgan fingerprint density at radius 3 is 2.00 bits per heavy atom. The molecule has 0 aliphatic carbocycles. The van der Waals surface area contributed by atoms with Gasteiger partial charge in [0.1, 0.15) is 0 Å². The average Bonchev–Trinajstić information content (AvgIpc) is 1.61. The third kappa shape index (κ3) is 9.64. The van der Waals surface area contributed by atoms with Gasteiger partial charge in [0.05, 0.1) is 0 Å². The lowest BCUT2D eigenvalue weighted by atomic mass is 10.4. The van der Waals surface area contributed by atoms with E-state index >= 15 is 0 Å². The van der Waals surface area contributed by atoms with Crippen molar-refractivity contribution in [2.75, 3.05) is 27.2 Å². The second-order valence-corrected chi connectivity index (χ2v) is 1.88. The monoisotopic (exact) mass is 183 g/mol. The molecule has 0 heterocycles. The van der Waals surface area contributed by atoms with Crippen molar-refractivity contribution in [1.82, 2.24) is 4.90 Å². The Hall–Kier alpha value is 0.400. The van der Waals surface area contributed by atoms with Crippen LogP contribution in [0.25, 0.3) is 0 Å². The van der Waals surface area contributed by atoms with Crippen LogP contribution < -0.4 is 0 Å². The number of halogens is 1. The molecule has 0 aromatic rings. The van der Waals surface area contributed by atoms with Gasteiger partial charge in [0, 0.05) is 6.61 Å². The Balaban J connectivity index is 0. The number of rotatable bonds is 3. The van der Waals surface area contributed by atoms with Gasteiger partial charge in [0.15, 0.2) is 0 Å². The van der Waals surface area contributed by atoms with Gasteiger partial charge in [-0.15, -0.1) is 17.0 Å². The highest BCUT2D eigenvalue weighted by molar-refractivity contribution is 8.93. The lowest BCUT2D eigenvalue weighted by Gasteiger charge is -2.05. The van der Waals surface area contributed by atoms with Crippen molar-refractivity contribution in [3.05, 3.63) is 0 Å². The summed E-state index contributed by atoms with van der Waals surface area (Å²) in [6.45, 7) is 1.29. The van der Waals surface area contributed by atoms with Gasteiger partial charge in [-0.05, 0) is 27.1 Å². The number of hydrogen-bond donors (Lipinski definition) is 1. The van der Waals surface area contributed by atoms with Gasteiger partial charge in [0.25, 0.3) is 0 Å². The van der Waals surface area contributed by atoms with Crippen molar-refractivity contribution in [2.24, 2.45) is 0 Å². The van der Waals surface area contributed by atoms with Crippen LogP contribution in [0.2, 0.25) is 0 Å². The van der Waals surface area contributed by atoms with Crippen molar-refractivity contribution in [3.8, 4) is 0 Å². The number of aliphatic hydroxyl groups is 1. The van der Waals surface area contributed by atoms with Crippen molar-refractivity contribution in [3.63, 3.8) is 0 Å². The quantitative estimate of drug-likeness (QED) is 0.690. The Kier molecular flexibility index (Phi) is 10.4. The van der Waals surface area contributed by atoms with Gasteiger partial charge >= 0.3 is 0 Å². The molecule has 0 unspecified atom stereocenters. The summed E-state index contributed by atoms with van der Waals surface area (Å²) in [6.07, 6.45) is 0.882. The highest BCUT2D eigenvalue weighted by Gasteiger charge is 1.84. The molecule has 0 amide bonds. The van der Waals surface area contributed by atoms with E-state index in [4.69, 9.17) is 5.11 Å². The molecule has 0 atom stereocenters. The zero-order chi connectivity index (χ0) is 5.70. The van der Waals surface area contributed by atoms with E-state index in [1.165, 1.54) is 0 Å². The van der Waals surface area contributed by atoms with E-state index < -0.39 is 0 Å². The summed E-state index contributed by atoms with van der Waals surface area (Å²) >= 11 is 0. The molecule has 0 bridgehead atoms. The SMILES string of the molecule is Br.CN(C)CCCO. The van der Waals surface area contributed by atoms with Crippen molar-refractivity contribution >= 4 is 17.0 Å². The molecule has 1 N–H and O–H groups in total. The first kappa shape index (κ1) is 11.2. The molecule has 0 saturated carbocycles. The first-order valence-electron chi connectivity index (χ1n) is 2.53. The minimum absolute atomic E-state index is 0. The summed E-state index contributed by atoms with van der Waals surface area (Å²) in [6, 6.07) is 0. The Morgan fingerprint density at radius 2 is 1.88 bits per heavy atom. The summed E-state index contributed by atoms with van der Waals surface area (Å²) in [4.78, 5) is 2.05. The average molecular weight is 184 g/mol. The molecule has 0 saturated heterocycles. The van der Waals surface area contributed by atoms with E-state index in [0.717, 1.165) is 13.0 Å². The maximum Gasteiger partial charge on any atom is 0.0443 e. The van der Waals surface area contributed by atoms with Crippen LogP contribution in [-0.2, 0) is 0 Å². The molecule has 2 nitrogen and oxygen atoms in total. The standard InChI is InChI=1S/C5H13NO.BrH/c1-6(2)4-3-5-7;/h7H,3-5H2,1-2H3;1H. The molecule has 0 fully saturated rings. The zero-order valence-electron chi connectivity index (χ0n) is 5.42. The first-order valence-corrected chi connectivity index (χ1v) is 2.53. The Morgan fingerprint density at radius 1 is 1.38 bits per heavy atom. The highest BCUT2D eigenvalue weighted by Crippen LogP contribution is 1.77. The van der Waals surface area contributed by atoms with E-state index in [-0.39, 0.29) is 17.0 Å². The normalized spacial score (nSPS) is 9.00.